The van der Waals surface area contributed by atoms with Crippen molar-refractivity contribution in [2.24, 2.45) is 0 Å². The normalized spacial score (nSPS) is 10.7. The molecule has 0 saturated carbocycles. The molecule has 0 aliphatic rings. The van der Waals surface area contributed by atoms with Crippen molar-refractivity contribution in [3.8, 4) is 5.75 Å². The monoisotopic (exact) mass is 374 g/mol. The van der Waals surface area contributed by atoms with E-state index in [2.05, 4.69) is 10.3 Å². The lowest BCUT2D eigenvalue weighted by Gasteiger charge is -2.12. The number of aromatic nitrogens is 1. The molecule has 0 atom stereocenters. The second kappa shape index (κ2) is 7.30. The lowest BCUT2D eigenvalue weighted by molar-refractivity contribution is 0.102. The maximum Gasteiger partial charge on any atom is 0.255 e. The molecule has 0 fully saturated rings. The molecule has 4 nitrogen and oxygen atoms in total. The van der Waals surface area contributed by atoms with E-state index in [1.54, 1.807) is 18.3 Å². The number of carbonyl (C=O) groups is 1. The lowest BCUT2D eigenvalue weighted by atomic mass is 10.1. The molecule has 0 spiro atoms. The summed E-state index contributed by atoms with van der Waals surface area (Å²) in [6.45, 7) is 4.25. The number of carbonyl (C=O) groups excluding carboxylic acids is 1. The van der Waals surface area contributed by atoms with Crippen molar-refractivity contribution in [2.75, 3.05) is 11.9 Å². The number of halogens is 2. The number of hydrogen-bond donors (Lipinski definition) is 1. The Kier molecular flexibility index (Phi) is 5.11. The van der Waals surface area contributed by atoms with Crippen LogP contribution in [0.1, 0.15) is 22.8 Å². The van der Waals surface area contributed by atoms with Crippen LogP contribution in [0.15, 0.2) is 42.6 Å². The highest BCUT2D eigenvalue weighted by atomic mass is 35.5. The largest absolute Gasteiger partial charge is 0.491 e. The van der Waals surface area contributed by atoms with E-state index in [0.29, 0.717) is 33.7 Å². The van der Waals surface area contributed by atoms with Gasteiger partial charge in [-0.15, -0.1) is 0 Å². The van der Waals surface area contributed by atoms with Crippen molar-refractivity contribution in [2.45, 2.75) is 13.8 Å². The lowest BCUT2D eigenvalue weighted by Crippen LogP contribution is -2.12. The van der Waals surface area contributed by atoms with Gasteiger partial charge in [0.05, 0.1) is 27.9 Å². The van der Waals surface area contributed by atoms with Gasteiger partial charge in [0.2, 0.25) is 0 Å². The third-order valence-corrected chi connectivity index (χ3v) is 4.33. The van der Waals surface area contributed by atoms with Crippen LogP contribution < -0.4 is 10.1 Å². The Hall–Kier alpha value is -2.30. The summed E-state index contributed by atoms with van der Waals surface area (Å²) in [5, 5.41) is 4.37. The standard InChI is InChI=1S/C19H16Cl2N2O2/c1-3-25-18-14(20)9-12(10-15(18)21)19(24)23-16-7-6-11(2)17-13(16)5-4-8-22-17/h4-10H,3H2,1-2H3,(H,23,24). The minimum Gasteiger partial charge on any atom is -0.491 e. The highest BCUT2D eigenvalue weighted by molar-refractivity contribution is 6.37. The Balaban J connectivity index is 1.95. The second-order valence-corrected chi connectivity index (χ2v) is 6.30. The molecule has 1 aromatic heterocycles. The number of amides is 1. The van der Waals surface area contributed by atoms with Crippen LogP contribution in [0.25, 0.3) is 10.9 Å². The molecule has 3 rings (SSSR count). The van der Waals surface area contributed by atoms with E-state index in [1.807, 2.05) is 38.1 Å². The quantitative estimate of drug-likeness (QED) is 0.655. The summed E-state index contributed by atoms with van der Waals surface area (Å²) >= 11 is 12.4. The molecule has 0 bridgehead atoms. The van der Waals surface area contributed by atoms with Gasteiger partial charge in [-0.2, -0.15) is 0 Å². The summed E-state index contributed by atoms with van der Waals surface area (Å²) in [7, 11) is 0. The summed E-state index contributed by atoms with van der Waals surface area (Å²) in [4.78, 5) is 17.0. The molecule has 0 aliphatic heterocycles. The Labute approximate surface area is 155 Å². The third kappa shape index (κ3) is 3.55. The molecule has 1 heterocycles. The average Bonchev–Trinajstić information content (AvgIpc) is 2.60. The maximum absolute atomic E-state index is 12.6. The highest BCUT2D eigenvalue weighted by Gasteiger charge is 2.15. The Morgan fingerprint density at radius 3 is 2.60 bits per heavy atom. The van der Waals surface area contributed by atoms with E-state index in [9.17, 15) is 4.79 Å². The van der Waals surface area contributed by atoms with Crippen LogP contribution in [0.3, 0.4) is 0 Å². The number of hydrogen-bond acceptors (Lipinski definition) is 3. The molecule has 128 valence electrons. The van der Waals surface area contributed by atoms with Crippen LogP contribution in [0.4, 0.5) is 5.69 Å². The third-order valence-electron chi connectivity index (χ3n) is 3.77. The number of benzene rings is 2. The number of aryl methyl sites for hydroxylation is 1. The first-order valence-electron chi connectivity index (χ1n) is 7.78. The van der Waals surface area contributed by atoms with Crippen LogP contribution in [-0.2, 0) is 0 Å². The van der Waals surface area contributed by atoms with E-state index in [0.717, 1.165) is 16.5 Å². The van der Waals surface area contributed by atoms with E-state index in [1.165, 1.54) is 0 Å². The minimum atomic E-state index is -0.305. The van der Waals surface area contributed by atoms with Crippen LogP contribution in [0, 0.1) is 6.92 Å². The smallest absolute Gasteiger partial charge is 0.255 e. The Bertz CT molecular complexity index is 934. The molecule has 0 aliphatic carbocycles. The maximum atomic E-state index is 12.6. The zero-order chi connectivity index (χ0) is 18.0. The van der Waals surface area contributed by atoms with Gasteiger partial charge in [-0.3, -0.25) is 9.78 Å². The first kappa shape index (κ1) is 17.5. The predicted octanol–water partition coefficient (Wildman–Crippen LogP) is 5.50. The molecule has 3 aromatic rings. The molecule has 1 amide bonds. The number of anilines is 1. The fourth-order valence-corrected chi connectivity index (χ4v) is 3.19. The summed E-state index contributed by atoms with van der Waals surface area (Å²) in [6.07, 6.45) is 1.73. The summed E-state index contributed by atoms with van der Waals surface area (Å²) in [6, 6.07) is 10.6. The number of pyridine rings is 1. The zero-order valence-electron chi connectivity index (χ0n) is 13.8. The molecule has 6 heteroatoms. The first-order valence-corrected chi connectivity index (χ1v) is 8.54. The summed E-state index contributed by atoms with van der Waals surface area (Å²) in [5.41, 5.74) is 2.93. The van der Waals surface area contributed by atoms with Gasteiger partial charge in [-0.1, -0.05) is 29.3 Å². The molecule has 2 aromatic carbocycles. The number of fused-ring (bicyclic) bond motifs is 1. The van der Waals surface area contributed by atoms with Crippen molar-refractivity contribution in [3.63, 3.8) is 0 Å². The molecule has 0 saturated heterocycles. The number of nitrogens with one attached hydrogen (secondary N) is 1. The number of nitrogens with zero attached hydrogens (tertiary/aromatic N) is 1. The Morgan fingerprint density at radius 1 is 1.20 bits per heavy atom. The molecular weight excluding hydrogens is 359 g/mol. The SMILES string of the molecule is CCOc1c(Cl)cc(C(=O)Nc2ccc(C)c3ncccc23)cc1Cl. The van der Waals surface area contributed by atoms with E-state index < -0.39 is 0 Å². The van der Waals surface area contributed by atoms with Gasteiger partial charge in [-0.25, -0.2) is 0 Å². The van der Waals surface area contributed by atoms with Crippen molar-refractivity contribution in [3.05, 3.63) is 63.8 Å². The van der Waals surface area contributed by atoms with Crippen LogP contribution in [-0.4, -0.2) is 17.5 Å². The van der Waals surface area contributed by atoms with Crippen molar-refractivity contribution >= 4 is 45.7 Å². The van der Waals surface area contributed by atoms with Gasteiger partial charge in [0.25, 0.3) is 5.91 Å². The van der Waals surface area contributed by atoms with Crippen molar-refractivity contribution in [1.82, 2.24) is 4.98 Å². The fourth-order valence-electron chi connectivity index (χ4n) is 2.59. The zero-order valence-corrected chi connectivity index (χ0v) is 15.3. The van der Waals surface area contributed by atoms with Gasteiger partial charge < -0.3 is 10.1 Å². The van der Waals surface area contributed by atoms with Crippen LogP contribution in [0.5, 0.6) is 5.75 Å². The predicted molar refractivity (Wildman–Crippen MR) is 102 cm³/mol. The second-order valence-electron chi connectivity index (χ2n) is 5.49. The topological polar surface area (TPSA) is 51.2 Å². The van der Waals surface area contributed by atoms with E-state index in [4.69, 9.17) is 27.9 Å². The number of rotatable bonds is 4. The molecule has 1 N–H and O–H groups in total. The summed E-state index contributed by atoms with van der Waals surface area (Å²) < 4.78 is 5.39. The minimum absolute atomic E-state index is 0.301. The average molecular weight is 375 g/mol. The van der Waals surface area contributed by atoms with Crippen molar-refractivity contribution in [1.29, 1.82) is 0 Å². The highest BCUT2D eigenvalue weighted by Crippen LogP contribution is 2.34. The molecular formula is C19H16Cl2N2O2. The van der Waals surface area contributed by atoms with Crippen molar-refractivity contribution < 1.29 is 9.53 Å². The van der Waals surface area contributed by atoms with E-state index in [-0.39, 0.29) is 5.91 Å². The Morgan fingerprint density at radius 2 is 1.92 bits per heavy atom. The summed E-state index contributed by atoms with van der Waals surface area (Å²) in [5.74, 6) is 0.0771. The van der Waals surface area contributed by atoms with Gasteiger partial charge in [0.1, 0.15) is 0 Å². The molecule has 0 radical (unpaired) electrons. The van der Waals surface area contributed by atoms with Crippen LogP contribution in [0.2, 0.25) is 10.0 Å². The van der Waals surface area contributed by atoms with Gasteiger partial charge in [0, 0.05) is 17.1 Å². The fraction of sp³-hybridized carbons (Fsp3) is 0.158. The van der Waals surface area contributed by atoms with Crippen LogP contribution >= 0.6 is 23.2 Å². The van der Waals surface area contributed by atoms with Gasteiger partial charge >= 0.3 is 0 Å². The first-order chi connectivity index (χ1) is 12.0. The van der Waals surface area contributed by atoms with Gasteiger partial charge in [-0.05, 0) is 49.7 Å². The van der Waals surface area contributed by atoms with Gasteiger partial charge in [0.15, 0.2) is 5.75 Å². The van der Waals surface area contributed by atoms with E-state index >= 15 is 0 Å². The molecule has 25 heavy (non-hydrogen) atoms. The number of ether oxygens (including phenoxy) is 1. The molecule has 0 unspecified atom stereocenters.